The van der Waals surface area contributed by atoms with Crippen LogP contribution in [0, 0.1) is 0 Å². The Hall–Kier alpha value is -2.01. The summed E-state index contributed by atoms with van der Waals surface area (Å²) in [5.74, 6) is 1.91. The maximum absolute atomic E-state index is 5.45. The quantitative estimate of drug-likeness (QED) is 0.873. The van der Waals surface area contributed by atoms with Crippen molar-refractivity contribution in [3.05, 3.63) is 30.4 Å². The Morgan fingerprint density at radius 2 is 2.12 bits per heavy atom. The molecule has 2 rings (SSSR count). The smallest absolute Gasteiger partial charge is 0.208 e. The van der Waals surface area contributed by atoms with Crippen LogP contribution in [0.5, 0.6) is 11.5 Å². The van der Waals surface area contributed by atoms with Crippen molar-refractivity contribution in [3.8, 4) is 22.8 Å². The van der Waals surface area contributed by atoms with Gasteiger partial charge in [0.1, 0.15) is 23.5 Å². The highest BCUT2D eigenvalue weighted by Crippen LogP contribution is 2.32. The monoisotopic (exact) mass is 234 g/mol. The summed E-state index contributed by atoms with van der Waals surface area (Å²) in [5, 5.41) is 0. The molecule has 0 amide bonds. The van der Waals surface area contributed by atoms with Crippen LogP contribution in [0.4, 0.5) is 0 Å². The molecule has 90 valence electrons. The van der Waals surface area contributed by atoms with Gasteiger partial charge in [-0.1, -0.05) is 0 Å². The molecular formula is C12H14N2O3. The maximum atomic E-state index is 5.45. The van der Waals surface area contributed by atoms with Gasteiger partial charge in [0.25, 0.3) is 0 Å². The third-order valence-electron chi connectivity index (χ3n) is 2.41. The molecule has 0 aliphatic carbocycles. The summed E-state index contributed by atoms with van der Waals surface area (Å²) in [7, 11) is 3.21. The number of methoxy groups -OCH3 is 2. The normalized spacial score (nSPS) is 10.3. The lowest BCUT2D eigenvalue weighted by Crippen LogP contribution is -1.96. The first-order valence-electron chi connectivity index (χ1n) is 5.15. The van der Waals surface area contributed by atoms with Crippen LogP contribution in [-0.2, 0) is 6.54 Å². The molecule has 0 radical (unpaired) electrons. The van der Waals surface area contributed by atoms with E-state index in [1.54, 1.807) is 26.5 Å². The van der Waals surface area contributed by atoms with Crippen LogP contribution in [-0.4, -0.2) is 19.2 Å². The van der Waals surface area contributed by atoms with Crippen LogP contribution < -0.4 is 15.2 Å². The largest absolute Gasteiger partial charge is 0.497 e. The minimum Gasteiger partial charge on any atom is -0.497 e. The van der Waals surface area contributed by atoms with Crippen LogP contribution in [0.3, 0.4) is 0 Å². The molecule has 0 aliphatic rings. The molecule has 5 heteroatoms. The first kappa shape index (κ1) is 11.5. The van der Waals surface area contributed by atoms with Crippen LogP contribution in [0.15, 0.2) is 28.9 Å². The van der Waals surface area contributed by atoms with Gasteiger partial charge in [-0.15, -0.1) is 0 Å². The van der Waals surface area contributed by atoms with E-state index in [4.69, 9.17) is 19.6 Å². The highest BCUT2D eigenvalue weighted by atomic mass is 16.5. The molecule has 5 nitrogen and oxygen atoms in total. The average Bonchev–Trinajstić information content (AvgIpc) is 2.86. The SMILES string of the molecule is COc1ccc(-c2coc(CN)n2)c(OC)c1. The van der Waals surface area contributed by atoms with E-state index in [9.17, 15) is 0 Å². The van der Waals surface area contributed by atoms with Gasteiger partial charge in [0.2, 0.25) is 5.89 Å². The highest BCUT2D eigenvalue weighted by Gasteiger charge is 2.11. The minimum absolute atomic E-state index is 0.276. The second-order valence-corrected chi connectivity index (χ2v) is 3.40. The summed E-state index contributed by atoms with van der Waals surface area (Å²) in [6.45, 7) is 0.276. The van der Waals surface area contributed by atoms with E-state index in [1.165, 1.54) is 0 Å². The molecule has 0 aliphatic heterocycles. The molecule has 1 heterocycles. The van der Waals surface area contributed by atoms with E-state index in [2.05, 4.69) is 4.98 Å². The Labute approximate surface area is 99.2 Å². The molecule has 17 heavy (non-hydrogen) atoms. The minimum atomic E-state index is 0.276. The van der Waals surface area contributed by atoms with Crippen molar-refractivity contribution < 1.29 is 13.9 Å². The Balaban J connectivity index is 2.43. The summed E-state index contributed by atoms with van der Waals surface area (Å²) in [6.07, 6.45) is 1.56. The third kappa shape index (κ3) is 2.24. The molecule has 0 fully saturated rings. The van der Waals surface area contributed by atoms with E-state index in [0.29, 0.717) is 17.3 Å². The topological polar surface area (TPSA) is 70.5 Å². The van der Waals surface area contributed by atoms with Gasteiger partial charge in [0.05, 0.1) is 20.8 Å². The average molecular weight is 234 g/mol. The van der Waals surface area contributed by atoms with Gasteiger partial charge < -0.3 is 19.6 Å². The van der Waals surface area contributed by atoms with Gasteiger partial charge in [-0.2, -0.15) is 0 Å². The summed E-state index contributed by atoms with van der Waals surface area (Å²) < 4.78 is 15.6. The Kier molecular flexibility index (Phi) is 3.30. The van der Waals surface area contributed by atoms with E-state index in [1.807, 2.05) is 12.1 Å². The number of benzene rings is 1. The number of aromatic nitrogens is 1. The number of hydrogen-bond acceptors (Lipinski definition) is 5. The fourth-order valence-corrected chi connectivity index (χ4v) is 1.54. The van der Waals surface area contributed by atoms with E-state index < -0.39 is 0 Å². The second kappa shape index (κ2) is 4.88. The Morgan fingerprint density at radius 1 is 1.29 bits per heavy atom. The molecule has 1 aromatic carbocycles. The maximum Gasteiger partial charge on any atom is 0.208 e. The summed E-state index contributed by atoms with van der Waals surface area (Å²) in [4.78, 5) is 4.25. The molecule has 0 saturated carbocycles. The first-order chi connectivity index (χ1) is 8.28. The van der Waals surface area contributed by atoms with Gasteiger partial charge in [0.15, 0.2) is 0 Å². The van der Waals surface area contributed by atoms with Gasteiger partial charge in [-0.05, 0) is 12.1 Å². The lowest BCUT2D eigenvalue weighted by molar-refractivity contribution is 0.395. The van der Waals surface area contributed by atoms with E-state index in [-0.39, 0.29) is 6.54 Å². The molecule has 0 spiro atoms. The predicted molar refractivity (Wildman–Crippen MR) is 62.9 cm³/mol. The van der Waals surface area contributed by atoms with Crippen LogP contribution in [0.25, 0.3) is 11.3 Å². The van der Waals surface area contributed by atoms with E-state index in [0.717, 1.165) is 11.3 Å². The van der Waals surface area contributed by atoms with Gasteiger partial charge in [-0.25, -0.2) is 4.98 Å². The van der Waals surface area contributed by atoms with Crippen molar-refractivity contribution in [2.24, 2.45) is 5.73 Å². The number of ether oxygens (including phenoxy) is 2. The summed E-state index contributed by atoms with van der Waals surface area (Å²) >= 11 is 0. The summed E-state index contributed by atoms with van der Waals surface area (Å²) in [5.41, 5.74) is 6.99. The number of oxazole rings is 1. The fourth-order valence-electron chi connectivity index (χ4n) is 1.54. The van der Waals surface area contributed by atoms with Crippen molar-refractivity contribution in [3.63, 3.8) is 0 Å². The molecule has 0 bridgehead atoms. The van der Waals surface area contributed by atoms with Crippen molar-refractivity contribution >= 4 is 0 Å². The number of rotatable bonds is 4. The zero-order valence-electron chi connectivity index (χ0n) is 9.77. The van der Waals surface area contributed by atoms with Crippen molar-refractivity contribution in [1.29, 1.82) is 0 Å². The van der Waals surface area contributed by atoms with Gasteiger partial charge in [0, 0.05) is 11.6 Å². The zero-order valence-corrected chi connectivity index (χ0v) is 9.77. The van der Waals surface area contributed by atoms with Gasteiger partial charge in [-0.3, -0.25) is 0 Å². The van der Waals surface area contributed by atoms with Crippen LogP contribution >= 0.6 is 0 Å². The first-order valence-corrected chi connectivity index (χ1v) is 5.15. The lowest BCUT2D eigenvalue weighted by atomic mass is 10.1. The Morgan fingerprint density at radius 3 is 2.71 bits per heavy atom. The molecule has 2 N–H and O–H groups in total. The van der Waals surface area contributed by atoms with Crippen molar-refractivity contribution in [1.82, 2.24) is 4.98 Å². The summed E-state index contributed by atoms with van der Waals surface area (Å²) in [6, 6.07) is 5.51. The zero-order chi connectivity index (χ0) is 12.3. The van der Waals surface area contributed by atoms with Crippen LogP contribution in [0.1, 0.15) is 5.89 Å². The molecule has 2 aromatic rings. The predicted octanol–water partition coefficient (Wildman–Crippen LogP) is 1.82. The second-order valence-electron chi connectivity index (χ2n) is 3.40. The third-order valence-corrected chi connectivity index (χ3v) is 2.41. The van der Waals surface area contributed by atoms with Gasteiger partial charge >= 0.3 is 0 Å². The Bertz CT molecular complexity index is 508. The van der Waals surface area contributed by atoms with E-state index >= 15 is 0 Å². The van der Waals surface area contributed by atoms with Crippen molar-refractivity contribution in [2.75, 3.05) is 14.2 Å². The number of hydrogen-bond donors (Lipinski definition) is 1. The number of nitrogens with zero attached hydrogens (tertiary/aromatic N) is 1. The number of nitrogens with two attached hydrogens (primary N) is 1. The molecule has 1 aromatic heterocycles. The standard InChI is InChI=1S/C12H14N2O3/c1-15-8-3-4-9(11(5-8)16-2)10-7-17-12(6-13)14-10/h3-5,7H,6,13H2,1-2H3. The lowest BCUT2D eigenvalue weighted by Gasteiger charge is -2.07. The molecule has 0 atom stereocenters. The van der Waals surface area contributed by atoms with Crippen molar-refractivity contribution in [2.45, 2.75) is 6.54 Å². The van der Waals surface area contributed by atoms with Crippen LogP contribution in [0.2, 0.25) is 0 Å². The molecular weight excluding hydrogens is 220 g/mol. The molecule has 0 unspecified atom stereocenters. The molecule has 0 saturated heterocycles. The highest BCUT2D eigenvalue weighted by molar-refractivity contribution is 5.67. The fraction of sp³-hybridized carbons (Fsp3) is 0.250.